The normalized spacial score (nSPS) is 10.9. The second-order valence-electron chi connectivity index (χ2n) is 6.77. The van der Waals surface area contributed by atoms with Gasteiger partial charge in [0.25, 0.3) is 0 Å². The molecule has 6 nitrogen and oxygen atoms in total. The highest BCUT2D eigenvalue weighted by molar-refractivity contribution is 9.10. The minimum absolute atomic E-state index is 0.178. The highest BCUT2D eigenvalue weighted by Crippen LogP contribution is 2.33. The average molecular weight is 477 g/mol. The number of aromatic nitrogens is 2. The first-order valence-electron chi connectivity index (χ1n) is 9.15. The van der Waals surface area contributed by atoms with Gasteiger partial charge in [-0.1, -0.05) is 27.5 Å². The molecule has 0 spiro atoms. The second-order valence-corrected chi connectivity index (χ2v) is 8.13. The average Bonchev–Trinajstić information content (AvgIpc) is 2.67. The number of benzene rings is 2. The summed E-state index contributed by atoms with van der Waals surface area (Å²) in [5.41, 5.74) is 8.35. The zero-order chi connectivity index (χ0) is 20.8. The summed E-state index contributed by atoms with van der Waals surface area (Å²) in [6.45, 7) is 1.57. The van der Waals surface area contributed by atoms with E-state index in [4.69, 9.17) is 22.1 Å². The lowest BCUT2D eigenvalue weighted by Crippen LogP contribution is -2.15. The molecule has 152 valence electrons. The minimum atomic E-state index is 0.178. The molecule has 0 bridgehead atoms. The first-order valence-corrected chi connectivity index (χ1v) is 10.3. The van der Waals surface area contributed by atoms with Crippen LogP contribution in [0, 0.1) is 0 Å². The maximum absolute atomic E-state index is 6.02. The first kappa shape index (κ1) is 21.4. The van der Waals surface area contributed by atoms with Gasteiger partial charge in [-0.05, 0) is 63.0 Å². The number of nitrogens with two attached hydrogens (primary N) is 1. The van der Waals surface area contributed by atoms with E-state index in [9.17, 15) is 0 Å². The third-order valence-corrected chi connectivity index (χ3v) is 4.83. The van der Waals surface area contributed by atoms with Gasteiger partial charge >= 0.3 is 0 Å². The maximum atomic E-state index is 6.02. The maximum Gasteiger partial charge on any atom is 0.222 e. The predicted octanol–water partition coefficient (Wildman–Crippen LogP) is 5.22. The first-order chi connectivity index (χ1) is 13.9. The molecule has 0 saturated heterocycles. The van der Waals surface area contributed by atoms with Crippen LogP contribution in [0.5, 0.6) is 5.75 Å². The van der Waals surface area contributed by atoms with E-state index in [0.717, 1.165) is 34.4 Å². The van der Waals surface area contributed by atoms with Gasteiger partial charge < -0.3 is 20.7 Å². The molecule has 8 heteroatoms. The van der Waals surface area contributed by atoms with Crippen molar-refractivity contribution in [3.8, 4) is 17.0 Å². The van der Waals surface area contributed by atoms with Crippen LogP contribution in [0.4, 0.5) is 17.5 Å². The van der Waals surface area contributed by atoms with E-state index in [0.29, 0.717) is 23.1 Å². The Morgan fingerprint density at radius 3 is 2.59 bits per heavy atom. The van der Waals surface area contributed by atoms with Gasteiger partial charge in [0.2, 0.25) is 5.95 Å². The van der Waals surface area contributed by atoms with E-state index in [1.54, 1.807) is 0 Å². The number of hydrogen-bond donors (Lipinski definition) is 2. The Kier molecular flexibility index (Phi) is 7.30. The summed E-state index contributed by atoms with van der Waals surface area (Å²) in [4.78, 5) is 10.8. The lowest BCUT2D eigenvalue weighted by atomic mass is 10.1. The molecule has 0 unspecified atom stereocenters. The van der Waals surface area contributed by atoms with Crippen molar-refractivity contribution in [1.29, 1.82) is 0 Å². The van der Waals surface area contributed by atoms with Crippen LogP contribution >= 0.6 is 27.5 Å². The van der Waals surface area contributed by atoms with Gasteiger partial charge in [0.05, 0.1) is 12.3 Å². The second kappa shape index (κ2) is 9.91. The zero-order valence-corrected chi connectivity index (χ0v) is 18.7. The van der Waals surface area contributed by atoms with Crippen LogP contribution in [0.1, 0.15) is 6.42 Å². The molecule has 1 aromatic heterocycles. The van der Waals surface area contributed by atoms with E-state index in [1.165, 1.54) is 0 Å². The van der Waals surface area contributed by atoms with Crippen molar-refractivity contribution in [3.05, 3.63) is 58.0 Å². The molecule has 2 aromatic carbocycles. The minimum Gasteiger partial charge on any atom is -0.493 e. The molecule has 0 radical (unpaired) electrons. The summed E-state index contributed by atoms with van der Waals surface area (Å²) in [6.07, 6.45) is 0.928. The van der Waals surface area contributed by atoms with Crippen LogP contribution in [0.25, 0.3) is 11.3 Å². The van der Waals surface area contributed by atoms with Gasteiger partial charge in [0.15, 0.2) is 0 Å². The molecule has 1 heterocycles. The van der Waals surface area contributed by atoms with Crippen molar-refractivity contribution in [3.63, 3.8) is 0 Å². The summed E-state index contributed by atoms with van der Waals surface area (Å²) in [5, 5.41) is 3.90. The van der Waals surface area contributed by atoms with Gasteiger partial charge in [-0.25, -0.2) is 4.98 Å². The third kappa shape index (κ3) is 6.32. The van der Waals surface area contributed by atoms with Crippen LogP contribution in [-0.4, -0.2) is 42.1 Å². The topological polar surface area (TPSA) is 76.3 Å². The molecule has 0 atom stereocenters. The Hall–Kier alpha value is -2.35. The fourth-order valence-electron chi connectivity index (χ4n) is 2.74. The predicted molar refractivity (Wildman–Crippen MR) is 123 cm³/mol. The Morgan fingerprint density at radius 2 is 1.86 bits per heavy atom. The lowest BCUT2D eigenvalue weighted by molar-refractivity contribution is 0.282. The standard InChI is InChI=1S/C21H23BrClN5O/c1-28(2)10-3-11-29-19-9-4-14(22)12-17(19)18-13-20(27-21(24)26-18)25-16-7-5-15(23)6-8-16/h4-9,12-13H,3,10-11H2,1-2H3,(H3,24,25,26,27). The molecule has 3 N–H and O–H groups in total. The van der Waals surface area contributed by atoms with Crippen LogP contribution < -0.4 is 15.8 Å². The fourth-order valence-corrected chi connectivity index (χ4v) is 3.23. The number of halogens is 2. The van der Waals surface area contributed by atoms with Crippen molar-refractivity contribution in [2.24, 2.45) is 0 Å². The van der Waals surface area contributed by atoms with Crippen molar-refractivity contribution >= 4 is 45.0 Å². The van der Waals surface area contributed by atoms with Gasteiger partial charge in [0.1, 0.15) is 11.6 Å². The molecule has 0 aliphatic rings. The number of nitrogens with one attached hydrogen (secondary N) is 1. The number of nitrogen functional groups attached to an aromatic ring is 1. The SMILES string of the molecule is CN(C)CCCOc1ccc(Br)cc1-c1cc(Nc2ccc(Cl)cc2)nc(N)n1. The Labute approximate surface area is 184 Å². The van der Waals surface area contributed by atoms with Crippen LogP contribution in [-0.2, 0) is 0 Å². The molecule has 29 heavy (non-hydrogen) atoms. The van der Waals surface area contributed by atoms with Crippen LogP contribution in [0.15, 0.2) is 53.0 Å². The van der Waals surface area contributed by atoms with E-state index < -0.39 is 0 Å². The van der Waals surface area contributed by atoms with Crippen molar-refractivity contribution in [2.45, 2.75) is 6.42 Å². The Balaban J connectivity index is 1.86. The van der Waals surface area contributed by atoms with Gasteiger partial charge in [-0.2, -0.15) is 4.98 Å². The number of rotatable bonds is 8. The highest BCUT2D eigenvalue weighted by atomic mass is 79.9. The van der Waals surface area contributed by atoms with Gasteiger partial charge in [0, 0.05) is 33.4 Å². The highest BCUT2D eigenvalue weighted by Gasteiger charge is 2.12. The molecular weight excluding hydrogens is 454 g/mol. The van der Waals surface area contributed by atoms with Crippen molar-refractivity contribution in [1.82, 2.24) is 14.9 Å². The third-order valence-electron chi connectivity index (χ3n) is 4.08. The summed E-state index contributed by atoms with van der Waals surface area (Å²) < 4.78 is 6.95. The monoisotopic (exact) mass is 475 g/mol. The van der Waals surface area contributed by atoms with E-state index in [1.807, 2.05) is 62.6 Å². The summed E-state index contributed by atoms with van der Waals surface area (Å²) >= 11 is 9.48. The molecule has 3 aromatic rings. The van der Waals surface area contributed by atoms with Crippen LogP contribution in [0.2, 0.25) is 5.02 Å². The number of anilines is 3. The lowest BCUT2D eigenvalue weighted by Gasteiger charge is -2.14. The van der Waals surface area contributed by atoms with E-state index in [-0.39, 0.29) is 5.95 Å². The van der Waals surface area contributed by atoms with E-state index in [2.05, 4.69) is 36.1 Å². The number of ether oxygens (including phenoxy) is 1. The van der Waals surface area contributed by atoms with Crippen LogP contribution in [0.3, 0.4) is 0 Å². The summed E-state index contributed by atoms with van der Waals surface area (Å²) in [5.74, 6) is 1.52. The largest absolute Gasteiger partial charge is 0.493 e. The van der Waals surface area contributed by atoms with E-state index >= 15 is 0 Å². The molecule has 0 amide bonds. The molecule has 3 rings (SSSR count). The van der Waals surface area contributed by atoms with Crippen molar-refractivity contribution < 1.29 is 4.74 Å². The quantitative estimate of drug-likeness (QED) is 0.434. The molecule has 0 aliphatic carbocycles. The Bertz CT molecular complexity index is 966. The smallest absolute Gasteiger partial charge is 0.222 e. The molecule has 0 aliphatic heterocycles. The molecule has 0 fully saturated rings. The summed E-state index contributed by atoms with van der Waals surface area (Å²) in [6, 6.07) is 15.1. The van der Waals surface area contributed by atoms with Crippen molar-refractivity contribution in [2.75, 3.05) is 38.3 Å². The Morgan fingerprint density at radius 1 is 1.10 bits per heavy atom. The molecular formula is C21H23BrClN5O. The number of nitrogens with zero attached hydrogens (tertiary/aromatic N) is 3. The fraction of sp³-hybridized carbons (Fsp3) is 0.238. The van der Waals surface area contributed by atoms with Gasteiger partial charge in [-0.15, -0.1) is 0 Å². The zero-order valence-electron chi connectivity index (χ0n) is 16.3. The van der Waals surface area contributed by atoms with Gasteiger partial charge in [-0.3, -0.25) is 0 Å². The summed E-state index contributed by atoms with van der Waals surface area (Å²) in [7, 11) is 4.09. The molecule has 0 saturated carbocycles. The number of hydrogen-bond acceptors (Lipinski definition) is 6.